The van der Waals surface area contributed by atoms with Gasteiger partial charge in [-0.25, -0.2) is 14.9 Å². The molecule has 0 spiro atoms. The molecule has 0 aliphatic carbocycles. The molecule has 8 nitrogen and oxygen atoms in total. The third-order valence-electron chi connectivity index (χ3n) is 8.47. The van der Waals surface area contributed by atoms with E-state index in [0.29, 0.717) is 36.4 Å². The minimum absolute atomic E-state index is 0.271. The summed E-state index contributed by atoms with van der Waals surface area (Å²) < 4.78 is 12.5. The lowest BCUT2D eigenvalue weighted by atomic mass is 9.67. The Hall–Kier alpha value is -4.35. The quantitative estimate of drug-likeness (QED) is 0.367. The van der Waals surface area contributed by atoms with Gasteiger partial charge in [-0.15, -0.1) is 0 Å². The van der Waals surface area contributed by atoms with Crippen molar-refractivity contribution in [1.82, 2.24) is 9.97 Å². The maximum atomic E-state index is 14.0. The summed E-state index contributed by atoms with van der Waals surface area (Å²) in [5.74, 6) is -1.42. The van der Waals surface area contributed by atoms with Crippen molar-refractivity contribution in [3.63, 3.8) is 0 Å². The van der Waals surface area contributed by atoms with Gasteiger partial charge in [-0.2, -0.15) is 5.26 Å². The first-order valence-electron chi connectivity index (χ1n) is 12.8. The first kappa shape index (κ1) is 22.8. The van der Waals surface area contributed by atoms with Crippen molar-refractivity contribution in [2.24, 2.45) is 11.8 Å². The number of nitriles is 1. The van der Waals surface area contributed by atoms with Gasteiger partial charge < -0.3 is 9.47 Å². The summed E-state index contributed by atoms with van der Waals surface area (Å²) in [5.41, 5.74) is 0.650. The molecule has 7 rings (SSSR count). The van der Waals surface area contributed by atoms with Crippen LogP contribution in [0.25, 0.3) is 21.8 Å². The van der Waals surface area contributed by atoms with Crippen molar-refractivity contribution in [2.75, 3.05) is 11.5 Å². The van der Waals surface area contributed by atoms with E-state index >= 15 is 0 Å². The van der Waals surface area contributed by atoms with Crippen LogP contribution in [0.1, 0.15) is 31.7 Å². The average molecular weight is 505 g/mol. The van der Waals surface area contributed by atoms with Crippen LogP contribution in [-0.2, 0) is 14.3 Å². The molecule has 8 heteroatoms. The lowest BCUT2D eigenvalue weighted by molar-refractivity contribution is -0.131. The minimum atomic E-state index is -0.811. The molecule has 3 saturated heterocycles. The van der Waals surface area contributed by atoms with Gasteiger partial charge in [-0.3, -0.25) is 9.59 Å². The SMILES string of the molecule is CC12CCC(CCOc3cnc4ccccc4n3)(O1)C1C(=O)N(c3ccc4ccccc4c3C#N)C(=O)C12. The molecule has 3 aliphatic heterocycles. The number of anilines is 1. The molecule has 0 N–H and O–H groups in total. The number of carbonyl (C=O) groups excluding carboxylic acids is 2. The van der Waals surface area contributed by atoms with Gasteiger partial charge in [-0.1, -0.05) is 42.5 Å². The monoisotopic (exact) mass is 504 g/mol. The smallest absolute Gasteiger partial charge is 0.240 e. The third-order valence-corrected chi connectivity index (χ3v) is 8.47. The summed E-state index contributed by atoms with van der Waals surface area (Å²) in [6, 6.07) is 20.8. The Bertz CT molecular complexity index is 1700. The van der Waals surface area contributed by atoms with Crippen LogP contribution in [0.5, 0.6) is 5.88 Å². The second-order valence-electron chi connectivity index (χ2n) is 10.5. The Balaban J connectivity index is 1.19. The predicted octanol–water partition coefficient (Wildman–Crippen LogP) is 4.55. The van der Waals surface area contributed by atoms with Crippen LogP contribution in [0.3, 0.4) is 0 Å². The number of ether oxygens (including phenoxy) is 2. The fourth-order valence-corrected chi connectivity index (χ4v) is 6.75. The number of amides is 2. The number of benzene rings is 3. The summed E-state index contributed by atoms with van der Waals surface area (Å²) in [6.07, 6.45) is 3.37. The van der Waals surface area contributed by atoms with E-state index in [-0.39, 0.29) is 18.4 Å². The fourth-order valence-electron chi connectivity index (χ4n) is 6.75. The molecule has 3 aliphatic rings. The van der Waals surface area contributed by atoms with Gasteiger partial charge in [0.2, 0.25) is 17.7 Å². The Morgan fingerprint density at radius 3 is 2.63 bits per heavy atom. The fraction of sp³-hybridized carbons (Fsp3) is 0.300. The highest BCUT2D eigenvalue weighted by Gasteiger charge is 2.74. The van der Waals surface area contributed by atoms with Crippen molar-refractivity contribution in [3.8, 4) is 11.9 Å². The molecule has 1 aromatic heterocycles. The maximum absolute atomic E-state index is 14.0. The van der Waals surface area contributed by atoms with E-state index in [9.17, 15) is 14.9 Å². The number of hydrogen-bond donors (Lipinski definition) is 0. The zero-order chi connectivity index (χ0) is 26.1. The summed E-state index contributed by atoms with van der Waals surface area (Å²) in [5, 5.41) is 11.6. The number of aromatic nitrogens is 2. The van der Waals surface area contributed by atoms with Crippen molar-refractivity contribution in [2.45, 2.75) is 37.4 Å². The summed E-state index contributed by atoms with van der Waals surface area (Å²) in [6.45, 7) is 2.20. The molecular formula is C30H24N4O4. The molecule has 4 heterocycles. The number of fused-ring (bicyclic) bond motifs is 7. The summed E-state index contributed by atoms with van der Waals surface area (Å²) in [4.78, 5) is 37.9. The average Bonchev–Trinajstić information content (AvgIpc) is 3.52. The highest BCUT2D eigenvalue weighted by Crippen LogP contribution is 2.62. The third kappa shape index (κ3) is 3.12. The second kappa shape index (κ2) is 8.07. The molecule has 4 aromatic rings. The molecule has 4 unspecified atom stereocenters. The van der Waals surface area contributed by atoms with E-state index in [2.05, 4.69) is 16.0 Å². The topological polar surface area (TPSA) is 105 Å². The molecule has 188 valence electrons. The van der Waals surface area contributed by atoms with Crippen LogP contribution in [0.15, 0.2) is 66.9 Å². The number of imide groups is 1. The maximum Gasteiger partial charge on any atom is 0.240 e. The van der Waals surface area contributed by atoms with E-state index in [1.54, 1.807) is 12.3 Å². The van der Waals surface area contributed by atoms with Crippen LogP contribution >= 0.6 is 0 Å². The van der Waals surface area contributed by atoms with Crippen molar-refractivity contribution in [3.05, 3.63) is 72.4 Å². The molecule has 38 heavy (non-hydrogen) atoms. The number of para-hydroxylation sites is 2. The normalized spacial score (nSPS) is 27.7. The zero-order valence-corrected chi connectivity index (χ0v) is 20.8. The van der Waals surface area contributed by atoms with Crippen LogP contribution in [0.2, 0.25) is 0 Å². The minimum Gasteiger partial charge on any atom is -0.476 e. The molecule has 3 aromatic carbocycles. The lowest BCUT2D eigenvalue weighted by Gasteiger charge is -2.31. The van der Waals surface area contributed by atoms with Crippen LogP contribution in [0.4, 0.5) is 5.69 Å². The molecule has 2 amide bonds. The predicted molar refractivity (Wildman–Crippen MR) is 139 cm³/mol. The van der Waals surface area contributed by atoms with Crippen molar-refractivity contribution >= 4 is 39.3 Å². The van der Waals surface area contributed by atoms with Gasteiger partial charge >= 0.3 is 0 Å². The standard InChI is InChI=1S/C30H24N4O4/c1-29-12-13-30(38-29,14-15-37-24-17-32-21-8-4-5-9-22(21)33-24)26-25(29)27(35)34(28(26)36)23-11-10-18-6-2-3-7-19(18)20(23)16-31/h2-11,17,25-26H,12-15H2,1H3. The number of hydrogen-bond acceptors (Lipinski definition) is 7. The Labute approximate surface area is 218 Å². The molecule has 2 bridgehead atoms. The van der Waals surface area contributed by atoms with Crippen molar-refractivity contribution < 1.29 is 19.1 Å². The molecular weight excluding hydrogens is 480 g/mol. The van der Waals surface area contributed by atoms with E-state index < -0.39 is 23.0 Å². The van der Waals surface area contributed by atoms with Gasteiger partial charge in [0, 0.05) is 11.8 Å². The van der Waals surface area contributed by atoms with Gasteiger partial charge in [0.1, 0.15) is 6.07 Å². The van der Waals surface area contributed by atoms with Gasteiger partial charge in [-0.05, 0) is 43.4 Å². The Morgan fingerprint density at radius 2 is 1.79 bits per heavy atom. The van der Waals surface area contributed by atoms with Gasteiger partial charge in [0.15, 0.2) is 0 Å². The van der Waals surface area contributed by atoms with Gasteiger partial charge in [0.25, 0.3) is 0 Å². The van der Waals surface area contributed by atoms with Crippen LogP contribution in [0, 0.1) is 23.2 Å². The van der Waals surface area contributed by atoms with Crippen molar-refractivity contribution in [1.29, 1.82) is 5.26 Å². The molecule has 3 fully saturated rings. The Morgan fingerprint density at radius 1 is 1.03 bits per heavy atom. The lowest BCUT2D eigenvalue weighted by Crippen LogP contribution is -2.43. The first-order valence-corrected chi connectivity index (χ1v) is 12.8. The Kier molecular flexibility index (Phi) is 4.85. The number of rotatable bonds is 5. The van der Waals surface area contributed by atoms with Crippen LogP contribution in [-0.4, -0.2) is 39.6 Å². The highest BCUT2D eigenvalue weighted by molar-refractivity contribution is 6.24. The first-order chi connectivity index (χ1) is 18.4. The summed E-state index contributed by atoms with van der Waals surface area (Å²) >= 11 is 0. The molecule has 0 radical (unpaired) electrons. The number of carbonyl (C=O) groups is 2. The van der Waals surface area contributed by atoms with E-state index in [1.165, 1.54) is 4.90 Å². The van der Waals surface area contributed by atoms with E-state index in [1.807, 2.05) is 61.5 Å². The zero-order valence-electron chi connectivity index (χ0n) is 20.8. The number of nitrogens with zero attached hydrogens (tertiary/aromatic N) is 4. The van der Waals surface area contributed by atoms with Crippen LogP contribution < -0.4 is 9.64 Å². The van der Waals surface area contributed by atoms with E-state index in [4.69, 9.17) is 9.47 Å². The summed E-state index contributed by atoms with van der Waals surface area (Å²) in [7, 11) is 0. The largest absolute Gasteiger partial charge is 0.476 e. The molecule has 0 saturated carbocycles. The van der Waals surface area contributed by atoms with Gasteiger partial charge in [0.05, 0.1) is 58.1 Å². The molecule has 4 atom stereocenters. The van der Waals surface area contributed by atoms with E-state index in [0.717, 1.165) is 21.8 Å². The highest BCUT2D eigenvalue weighted by atomic mass is 16.5. The second-order valence-corrected chi connectivity index (χ2v) is 10.5.